The number of methoxy groups -OCH3 is 1. The average molecular weight is 395 g/mol. The first-order valence-corrected chi connectivity index (χ1v) is 9.13. The molecule has 2 amide bonds. The maximum atomic E-state index is 12.5. The maximum Gasteiger partial charge on any atom is 0.323 e. The van der Waals surface area contributed by atoms with Crippen LogP contribution in [0.15, 0.2) is 30.6 Å². The highest BCUT2D eigenvalue weighted by molar-refractivity contribution is 6.36. The zero-order valence-electron chi connectivity index (χ0n) is 14.4. The molecule has 8 heteroatoms. The van der Waals surface area contributed by atoms with E-state index in [0.717, 1.165) is 18.4 Å². The van der Waals surface area contributed by atoms with Gasteiger partial charge in [-0.25, -0.2) is 14.8 Å². The molecule has 0 saturated carbocycles. The molecule has 138 valence electrons. The largest absolute Gasteiger partial charge is 0.378 e. The Morgan fingerprint density at radius 2 is 1.96 bits per heavy atom. The van der Waals surface area contributed by atoms with E-state index in [1.54, 1.807) is 18.1 Å². The number of halogens is 2. The van der Waals surface area contributed by atoms with E-state index < -0.39 is 0 Å². The zero-order valence-corrected chi connectivity index (χ0v) is 15.9. The van der Waals surface area contributed by atoms with Gasteiger partial charge in [-0.1, -0.05) is 29.3 Å². The second kappa shape index (κ2) is 8.66. The highest BCUT2D eigenvalue weighted by atomic mass is 35.5. The number of carbonyl (C=O) groups is 1. The number of hydrogen-bond acceptors (Lipinski definition) is 4. The van der Waals surface area contributed by atoms with Crippen molar-refractivity contribution >= 4 is 35.1 Å². The Morgan fingerprint density at radius 1 is 1.27 bits per heavy atom. The Hall–Kier alpha value is -1.89. The lowest BCUT2D eigenvalue weighted by molar-refractivity contribution is 0.181. The summed E-state index contributed by atoms with van der Waals surface area (Å²) >= 11 is 12.6. The van der Waals surface area contributed by atoms with Gasteiger partial charge in [-0.15, -0.1) is 0 Å². The minimum atomic E-state index is -0.171. The van der Waals surface area contributed by atoms with Crippen molar-refractivity contribution in [3.8, 4) is 0 Å². The molecule has 0 unspecified atom stereocenters. The lowest BCUT2D eigenvalue weighted by Crippen LogP contribution is -2.40. The van der Waals surface area contributed by atoms with E-state index in [1.807, 2.05) is 18.2 Å². The van der Waals surface area contributed by atoms with Gasteiger partial charge in [0.1, 0.15) is 12.1 Å². The standard InChI is InChI=1S/C18H20Cl2N4O2/c1-26-10-13-9-16(22-11-21-13)23-18(25)24-7-5-12(6-8-24)17-14(19)3-2-4-15(17)20/h2-4,9,11-12H,5-8,10H2,1H3,(H,21,22,23,25). The van der Waals surface area contributed by atoms with E-state index in [0.29, 0.717) is 41.3 Å². The fourth-order valence-electron chi connectivity index (χ4n) is 3.15. The van der Waals surface area contributed by atoms with Crippen molar-refractivity contribution in [1.29, 1.82) is 0 Å². The summed E-state index contributed by atoms with van der Waals surface area (Å²) in [6, 6.07) is 7.09. The molecule has 1 saturated heterocycles. The normalized spacial score (nSPS) is 15.1. The summed E-state index contributed by atoms with van der Waals surface area (Å²) in [4.78, 5) is 22.4. The summed E-state index contributed by atoms with van der Waals surface area (Å²) in [5.74, 6) is 0.723. The molecule has 0 spiro atoms. The van der Waals surface area contributed by atoms with Gasteiger partial charge in [0, 0.05) is 36.3 Å². The molecule has 1 aliphatic heterocycles. The van der Waals surface area contributed by atoms with E-state index in [2.05, 4.69) is 15.3 Å². The highest BCUT2D eigenvalue weighted by Crippen LogP contribution is 2.37. The minimum Gasteiger partial charge on any atom is -0.378 e. The molecule has 26 heavy (non-hydrogen) atoms. The fourth-order valence-corrected chi connectivity index (χ4v) is 3.86. The van der Waals surface area contributed by atoms with E-state index >= 15 is 0 Å². The second-order valence-corrected chi connectivity index (χ2v) is 6.97. The summed E-state index contributed by atoms with van der Waals surface area (Å²) < 4.78 is 5.04. The van der Waals surface area contributed by atoms with Crippen LogP contribution < -0.4 is 5.32 Å². The van der Waals surface area contributed by atoms with Gasteiger partial charge >= 0.3 is 6.03 Å². The number of anilines is 1. The lowest BCUT2D eigenvalue weighted by Gasteiger charge is -2.32. The molecule has 1 aliphatic rings. The van der Waals surface area contributed by atoms with Crippen molar-refractivity contribution in [1.82, 2.24) is 14.9 Å². The van der Waals surface area contributed by atoms with Gasteiger partial charge in [-0.3, -0.25) is 5.32 Å². The van der Waals surface area contributed by atoms with Gasteiger partial charge in [0.15, 0.2) is 0 Å². The Bertz CT molecular complexity index is 759. The number of nitrogens with zero attached hydrogens (tertiary/aromatic N) is 3. The van der Waals surface area contributed by atoms with Crippen LogP contribution in [0.2, 0.25) is 10.0 Å². The first-order valence-electron chi connectivity index (χ1n) is 8.38. The van der Waals surface area contributed by atoms with Crippen molar-refractivity contribution in [3.05, 3.63) is 51.9 Å². The zero-order chi connectivity index (χ0) is 18.5. The Morgan fingerprint density at radius 3 is 2.62 bits per heavy atom. The summed E-state index contributed by atoms with van der Waals surface area (Å²) in [7, 11) is 1.59. The van der Waals surface area contributed by atoms with Crippen molar-refractivity contribution in [3.63, 3.8) is 0 Å². The highest BCUT2D eigenvalue weighted by Gasteiger charge is 2.26. The van der Waals surface area contributed by atoms with Gasteiger partial charge < -0.3 is 9.64 Å². The Labute approximate surface area is 162 Å². The lowest BCUT2D eigenvalue weighted by atomic mass is 9.89. The van der Waals surface area contributed by atoms with Gasteiger partial charge in [0.25, 0.3) is 0 Å². The number of hydrogen-bond donors (Lipinski definition) is 1. The quantitative estimate of drug-likeness (QED) is 0.836. The number of nitrogens with one attached hydrogen (secondary N) is 1. The Balaban J connectivity index is 1.59. The molecule has 2 aromatic rings. The molecule has 1 aromatic carbocycles. The third-order valence-corrected chi connectivity index (χ3v) is 5.10. The van der Waals surface area contributed by atoms with Crippen molar-refractivity contribution in [2.45, 2.75) is 25.4 Å². The summed E-state index contributed by atoms with van der Waals surface area (Å²) in [5, 5.41) is 4.19. The molecule has 1 N–H and O–H groups in total. The molecular weight excluding hydrogens is 375 g/mol. The van der Waals surface area contributed by atoms with E-state index in [9.17, 15) is 4.79 Å². The van der Waals surface area contributed by atoms with Crippen LogP contribution in [0.5, 0.6) is 0 Å². The van der Waals surface area contributed by atoms with Crippen LogP contribution in [-0.2, 0) is 11.3 Å². The molecule has 6 nitrogen and oxygen atoms in total. The van der Waals surface area contributed by atoms with Gasteiger partial charge in [-0.05, 0) is 36.5 Å². The number of ether oxygens (including phenoxy) is 1. The number of likely N-dealkylation sites (tertiary alicyclic amines) is 1. The van der Waals surface area contributed by atoms with E-state index in [4.69, 9.17) is 27.9 Å². The third-order valence-electron chi connectivity index (χ3n) is 4.44. The van der Waals surface area contributed by atoms with Crippen molar-refractivity contribution in [2.75, 3.05) is 25.5 Å². The number of rotatable bonds is 4. The van der Waals surface area contributed by atoms with Gasteiger partial charge in [0.05, 0.1) is 12.3 Å². The predicted octanol–water partition coefficient (Wildman–Crippen LogP) is 4.34. The van der Waals surface area contributed by atoms with E-state index in [1.165, 1.54) is 6.33 Å². The molecule has 2 heterocycles. The number of piperidine rings is 1. The average Bonchev–Trinajstić information content (AvgIpc) is 2.63. The van der Waals surface area contributed by atoms with Crippen LogP contribution in [0, 0.1) is 0 Å². The van der Waals surface area contributed by atoms with Crippen LogP contribution in [-0.4, -0.2) is 41.1 Å². The minimum absolute atomic E-state index is 0.171. The number of amides is 2. The smallest absolute Gasteiger partial charge is 0.323 e. The maximum absolute atomic E-state index is 12.5. The topological polar surface area (TPSA) is 67.3 Å². The SMILES string of the molecule is COCc1cc(NC(=O)N2CCC(c3c(Cl)cccc3Cl)CC2)ncn1. The van der Waals surface area contributed by atoms with Crippen molar-refractivity contribution in [2.24, 2.45) is 0 Å². The predicted molar refractivity (Wildman–Crippen MR) is 102 cm³/mol. The van der Waals surface area contributed by atoms with Crippen LogP contribution in [0.25, 0.3) is 0 Å². The number of urea groups is 1. The molecule has 0 atom stereocenters. The molecule has 1 fully saturated rings. The number of aromatic nitrogens is 2. The number of benzene rings is 1. The molecule has 0 radical (unpaired) electrons. The summed E-state index contributed by atoms with van der Waals surface area (Å²) in [6.45, 7) is 1.64. The molecule has 1 aromatic heterocycles. The monoisotopic (exact) mass is 394 g/mol. The molecule has 0 aliphatic carbocycles. The Kier molecular flexibility index (Phi) is 6.29. The second-order valence-electron chi connectivity index (χ2n) is 6.15. The molecule has 0 bridgehead atoms. The molecular formula is C18H20Cl2N4O2. The van der Waals surface area contributed by atoms with Gasteiger partial charge in [0.2, 0.25) is 0 Å². The summed E-state index contributed by atoms with van der Waals surface area (Å²) in [6.07, 6.45) is 3.04. The van der Waals surface area contributed by atoms with Crippen LogP contribution in [0.1, 0.15) is 30.0 Å². The van der Waals surface area contributed by atoms with Crippen LogP contribution >= 0.6 is 23.2 Å². The first-order chi connectivity index (χ1) is 12.6. The third kappa shape index (κ3) is 4.44. The molecule has 3 rings (SSSR count). The fraction of sp³-hybridized carbons (Fsp3) is 0.389. The number of carbonyl (C=O) groups excluding carboxylic acids is 1. The van der Waals surface area contributed by atoms with Crippen molar-refractivity contribution < 1.29 is 9.53 Å². The van der Waals surface area contributed by atoms with Gasteiger partial charge in [-0.2, -0.15) is 0 Å². The van der Waals surface area contributed by atoms with Crippen LogP contribution in [0.4, 0.5) is 10.6 Å². The summed E-state index contributed by atoms with van der Waals surface area (Å²) in [5.41, 5.74) is 1.70. The van der Waals surface area contributed by atoms with E-state index in [-0.39, 0.29) is 11.9 Å². The van der Waals surface area contributed by atoms with Crippen LogP contribution in [0.3, 0.4) is 0 Å². The first kappa shape index (κ1) is 18.9.